The lowest BCUT2D eigenvalue weighted by atomic mass is 9.88. The highest BCUT2D eigenvalue weighted by atomic mass is 16.2. The first-order valence-electron chi connectivity index (χ1n) is 16.8. The van der Waals surface area contributed by atoms with E-state index in [1.165, 1.54) is 12.0 Å². The number of hydrogen-bond acceptors (Lipinski definition) is 8. The molecule has 11 nitrogen and oxygen atoms in total. The third-order valence-corrected chi connectivity index (χ3v) is 10.6. The number of piperidine rings is 3. The van der Waals surface area contributed by atoms with Crippen LogP contribution in [0.1, 0.15) is 100 Å². The van der Waals surface area contributed by atoms with Crippen LogP contribution in [0.2, 0.25) is 0 Å². The van der Waals surface area contributed by atoms with Crippen LogP contribution in [0.5, 0.6) is 0 Å². The average Bonchev–Trinajstić information content (AvgIpc) is 3.30. The number of hydrazine groups is 1. The summed E-state index contributed by atoms with van der Waals surface area (Å²) in [6.07, 6.45) is 7.92. The van der Waals surface area contributed by atoms with E-state index in [9.17, 15) is 24.0 Å². The van der Waals surface area contributed by atoms with Gasteiger partial charge >= 0.3 is 0 Å². The molecule has 5 amide bonds. The number of nitrogens with zero attached hydrogens (tertiary/aromatic N) is 3. The Hall–Kier alpha value is -4.09. The Bertz CT molecular complexity index is 1520. The molecular formula is C35H42N6O5. The Kier molecular flexibility index (Phi) is 8.61. The molecule has 2 aromatic carbocycles. The first kappa shape index (κ1) is 30.6. The van der Waals surface area contributed by atoms with Crippen LogP contribution in [0.15, 0.2) is 42.5 Å². The summed E-state index contributed by atoms with van der Waals surface area (Å²) in [5, 5.41) is 2.26. The minimum Gasteiger partial charge on any atom is -0.371 e. The fourth-order valence-electron chi connectivity index (χ4n) is 7.63. The molecule has 1 unspecified atom stereocenters. The van der Waals surface area contributed by atoms with Crippen molar-refractivity contribution in [3.8, 4) is 0 Å². The molecule has 5 aliphatic rings. The highest BCUT2D eigenvalue weighted by Gasteiger charge is 2.46. The second-order valence-corrected chi connectivity index (χ2v) is 13.5. The van der Waals surface area contributed by atoms with Crippen LogP contribution in [0.3, 0.4) is 0 Å². The van der Waals surface area contributed by atoms with Crippen LogP contribution in [0, 0.1) is 5.92 Å². The molecule has 0 bridgehead atoms. The number of imide groups is 2. The first-order valence-corrected chi connectivity index (χ1v) is 16.8. The normalized spacial score (nSPS) is 23.3. The Labute approximate surface area is 269 Å². The maximum atomic E-state index is 13.5. The van der Waals surface area contributed by atoms with Gasteiger partial charge in [-0.3, -0.25) is 39.6 Å². The summed E-state index contributed by atoms with van der Waals surface area (Å²) in [5.41, 5.74) is 9.39. The van der Waals surface area contributed by atoms with Gasteiger partial charge in [-0.2, -0.15) is 0 Å². The molecule has 1 atom stereocenters. The van der Waals surface area contributed by atoms with Crippen LogP contribution >= 0.6 is 0 Å². The van der Waals surface area contributed by atoms with E-state index in [2.05, 4.69) is 38.1 Å². The first-order chi connectivity index (χ1) is 22.4. The predicted molar refractivity (Wildman–Crippen MR) is 171 cm³/mol. The van der Waals surface area contributed by atoms with Crippen molar-refractivity contribution in [3.05, 3.63) is 64.7 Å². The smallest absolute Gasteiger partial charge is 0.265 e. The van der Waals surface area contributed by atoms with Gasteiger partial charge in [-0.25, -0.2) is 5.43 Å². The Balaban J connectivity index is 0.894. The Morgan fingerprint density at radius 1 is 0.826 bits per heavy atom. The van der Waals surface area contributed by atoms with Gasteiger partial charge in [0.05, 0.1) is 16.8 Å². The number of benzene rings is 2. The third kappa shape index (κ3) is 6.05. The number of fused-ring (bicyclic) bond motifs is 1. The van der Waals surface area contributed by atoms with Crippen molar-refractivity contribution in [1.29, 1.82) is 0 Å². The van der Waals surface area contributed by atoms with E-state index in [1.54, 1.807) is 12.1 Å². The fourth-order valence-corrected chi connectivity index (χ4v) is 7.63. The molecule has 0 aromatic heterocycles. The van der Waals surface area contributed by atoms with Gasteiger partial charge in [-0.15, -0.1) is 0 Å². The standard InChI is InChI=1S/C35H42N6O5/c42-30-12-11-29(33(44)36-30)41-34(45)27-5-2-6-28(31(27)35(41)46)40-19-13-22(14-20-40)21-39-17-15-24(16-18-39)23-7-9-25(10-8-23)32(43)38-37-26-3-1-4-26/h2,5-10,22,24,26,29,37H,1,3-4,11-21H2,(H,38,43)(H,36,42,44). The molecule has 1 saturated carbocycles. The Morgan fingerprint density at radius 2 is 1.57 bits per heavy atom. The molecule has 1 aliphatic carbocycles. The number of likely N-dealkylation sites (tertiary alicyclic amines) is 1. The van der Waals surface area contributed by atoms with Crippen molar-refractivity contribution in [1.82, 2.24) is 26.0 Å². The molecule has 7 rings (SSSR count). The van der Waals surface area contributed by atoms with Gasteiger partial charge in [0, 0.05) is 37.7 Å². The lowest BCUT2D eigenvalue weighted by molar-refractivity contribution is -0.136. The van der Waals surface area contributed by atoms with Crippen LogP contribution < -0.4 is 21.1 Å². The Morgan fingerprint density at radius 3 is 2.24 bits per heavy atom. The van der Waals surface area contributed by atoms with Gasteiger partial charge in [0.25, 0.3) is 17.7 Å². The van der Waals surface area contributed by atoms with Crippen molar-refractivity contribution in [2.45, 2.75) is 75.8 Å². The summed E-state index contributed by atoms with van der Waals surface area (Å²) >= 11 is 0. The molecule has 0 radical (unpaired) electrons. The zero-order valence-electron chi connectivity index (χ0n) is 26.1. The molecular weight excluding hydrogens is 584 g/mol. The third-order valence-electron chi connectivity index (χ3n) is 10.6. The van der Waals surface area contributed by atoms with Crippen LogP contribution in [-0.2, 0) is 9.59 Å². The molecule has 242 valence electrons. The van der Waals surface area contributed by atoms with E-state index in [4.69, 9.17) is 0 Å². The summed E-state index contributed by atoms with van der Waals surface area (Å²) in [4.78, 5) is 69.2. The quantitative estimate of drug-likeness (QED) is 0.301. The molecule has 3 saturated heterocycles. The molecule has 11 heteroatoms. The van der Waals surface area contributed by atoms with Crippen molar-refractivity contribution in [2.75, 3.05) is 37.6 Å². The molecule has 46 heavy (non-hydrogen) atoms. The average molecular weight is 627 g/mol. The van der Waals surface area contributed by atoms with Gasteiger partial charge in [0.2, 0.25) is 11.8 Å². The second-order valence-electron chi connectivity index (χ2n) is 13.5. The predicted octanol–water partition coefficient (Wildman–Crippen LogP) is 2.97. The van der Waals surface area contributed by atoms with Crippen molar-refractivity contribution in [3.63, 3.8) is 0 Å². The minimum absolute atomic E-state index is 0.0785. The largest absolute Gasteiger partial charge is 0.371 e. The highest BCUT2D eigenvalue weighted by Crippen LogP contribution is 2.36. The van der Waals surface area contributed by atoms with Crippen LogP contribution in [-0.4, -0.2) is 84.1 Å². The zero-order valence-corrected chi connectivity index (χ0v) is 26.1. The number of nitrogens with one attached hydrogen (secondary N) is 3. The maximum absolute atomic E-state index is 13.5. The number of carbonyl (C=O) groups is 5. The zero-order chi connectivity index (χ0) is 31.8. The van der Waals surface area contributed by atoms with Crippen LogP contribution in [0.4, 0.5) is 5.69 Å². The van der Waals surface area contributed by atoms with Gasteiger partial charge in [0.1, 0.15) is 6.04 Å². The molecule has 3 N–H and O–H groups in total. The molecule has 4 heterocycles. The van der Waals surface area contributed by atoms with E-state index in [0.717, 1.165) is 81.8 Å². The van der Waals surface area contributed by atoms with Gasteiger partial charge in [-0.1, -0.05) is 24.6 Å². The number of carbonyl (C=O) groups excluding carboxylic acids is 5. The van der Waals surface area contributed by atoms with Crippen molar-refractivity contribution in [2.24, 2.45) is 5.92 Å². The van der Waals surface area contributed by atoms with Crippen LogP contribution in [0.25, 0.3) is 0 Å². The monoisotopic (exact) mass is 626 g/mol. The second kappa shape index (κ2) is 13.0. The summed E-state index contributed by atoms with van der Waals surface area (Å²) in [6.45, 7) is 4.76. The SMILES string of the molecule is O=C1CCC(N2C(=O)c3cccc(N4CCC(CN5CCC(c6ccc(C(=O)NNC7CCC7)cc6)CC5)CC4)c3C2=O)C(=O)N1. The lowest BCUT2D eigenvalue weighted by Crippen LogP contribution is -2.54. The number of amides is 5. The van der Waals surface area contributed by atoms with Gasteiger partial charge < -0.3 is 9.80 Å². The van der Waals surface area contributed by atoms with E-state index < -0.39 is 23.8 Å². The summed E-state index contributed by atoms with van der Waals surface area (Å²) < 4.78 is 0. The summed E-state index contributed by atoms with van der Waals surface area (Å²) in [7, 11) is 0. The maximum Gasteiger partial charge on any atom is 0.265 e. The lowest BCUT2D eigenvalue weighted by Gasteiger charge is -2.39. The van der Waals surface area contributed by atoms with E-state index in [0.29, 0.717) is 34.6 Å². The van der Waals surface area contributed by atoms with Gasteiger partial charge in [-0.05, 0) is 99.7 Å². The van der Waals surface area contributed by atoms with Crippen molar-refractivity contribution >= 4 is 35.2 Å². The summed E-state index contributed by atoms with van der Waals surface area (Å²) in [5.74, 6) is -0.898. The minimum atomic E-state index is -0.961. The number of rotatable bonds is 8. The number of anilines is 1. The molecule has 4 aliphatic heterocycles. The van der Waals surface area contributed by atoms with E-state index in [1.807, 2.05) is 18.2 Å². The van der Waals surface area contributed by atoms with Crippen molar-refractivity contribution < 1.29 is 24.0 Å². The molecule has 0 spiro atoms. The number of hydrogen-bond donors (Lipinski definition) is 3. The summed E-state index contributed by atoms with van der Waals surface area (Å²) in [6, 6.07) is 12.9. The fraction of sp³-hybridized carbons (Fsp3) is 0.514. The highest BCUT2D eigenvalue weighted by molar-refractivity contribution is 6.25. The van der Waals surface area contributed by atoms with Gasteiger partial charge in [0.15, 0.2) is 0 Å². The molecule has 2 aromatic rings. The topological polar surface area (TPSA) is 131 Å². The molecule has 4 fully saturated rings. The van der Waals surface area contributed by atoms with E-state index >= 15 is 0 Å². The van der Waals surface area contributed by atoms with E-state index in [-0.39, 0.29) is 24.7 Å².